The number of methoxy groups -OCH3 is 1. The number of nitrogens with one attached hydrogen (secondary N) is 1. The van der Waals surface area contributed by atoms with Crippen molar-refractivity contribution in [2.24, 2.45) is 0 Å². The number of esters is 1. The van der Waals surface area contributed by atoms with Gasteiger partial charge in [0.2, 0.25) is 11.9 Å². The molecule has 3 rings (SSSR count). The number of rotatable bonds is 6. The summed E-state index contributed by atoms with van der Waals surface area (Å²) in [5.74, 6) is -0.552. The molecule has 1 amide bonds. The molecule has 148 valence electrons. The average Bonchev–Trinajstić information content (AvgIpc) is 3.24. The van der Waals surface area contributed by atoms with Crippen LogP contribution in [-0.4, -0.2) is 39.5 Å². The summed E-state index contributed by atoms with van der Waals surface area (Å²) in [5.41, 5.74) is 7.28. The van der Waals surface area contributed by atoms with Crippen LogP contribution in [0, 0.1) is 11.3 Å². The highest BCUT2D eigenvalue weighted by molar-refractivity contribution is 7.99. The smallest absolute Gasteiger partial charge is 0.341 e. The van der Waals surface area contributed by atoms with Crippen LogP contribution in [0.1, 0.15) is 46.6 Å². The summed E-state index contributed by atoms with van der Waals surface area (Å²) in [6.45, 7) is 1.66. The number of carbonyl (C=O) groups is 2. The normalized spacial score (nSPS) is 14.0. The van der Waals surface area contributed by atoms with Crippen molar-refractivity contribution < 1.29 is 14.3 Å². The van der Waals surface area contributed by atoms with Crippen molar-refractivity contribution >= 4 is 45.9 Å². The van der Waals surface area contributed by atoms with Crippen LogP contribution in [0.4, 0.5) is 10.9 Å². The Hall–Kier alpha value is -2.58. The molecule has 11 heteroatoms. The zero-order valence-corrected chi connectivity index (χ0v) is 17.2. The highest BCUT2D eigenvalue weighted by Crippen LogP contribution is 2.39. The number of nitrogen functional groups attached to an aromatic ring is 1. The molecule has 1 aliphatic rings. The van der Waals surface area contributed by atoms with Gasteiger partial charge in [-0.2, -0.15) is 5.26 Å². The molecule has 0 fully saturated rings. The molecule has 0 spiro atoms. The molecule has 1 unspecified atom stereocenters. The first-order chi connectivity index (χ1) is 13.5. The second kappa shape index (κ2) is 8.62. The van der Waals surface area contributed by atoms with Crippen LogP contribution in [0.5, 0.6) is 0 Å². The van der Waals surface area contributed by atoms with E-state index in [4.69, 9.17) is 15.7 Å². The highest BCUT2D eigenvalue weighted by atomic mass is 32.2. The van der Waals surface area contributed by atoms with Gasteiger partial charge in [-0.25, -0.2) is 4.79 Å². The monoisotopic (exact) mass is 420 g/mol. The second-order valence-electron chi connectivity index (χ2n) is 6.23. The lowest BCUT2D eigenvalue weighted by Gasteiger charge is -2.16. The van der Waals surface area contributed by atoms with Gasteiger partial charge in [-0.15, -0.1) is 21.5 Å². The Labute approximate surface area is 170 Å². The Morgan fingerprint density at radius 2 is 2.18 bits per heavy atom. The Bertz CT molecular complexity index is 946. The number of nitrogens with zero attached hydrogens (tertiary/aromatic N) is 4. The van der Waals surface area contributed by atoms with Crippen molar-refractivity contribution in [3.05, 3.63) is 16.0 Å². The predicted molar refractivity (Wildman–Crippen MR) is 106 cm³/mol. The number of aromatic nitrogens is 3. The highest BCUT2D eigenvalue weighted by Gasteiger charge is 2.29. The minimum absolute atomic E-state index is 0.0850. The fourth-order valence-corrected chi connectivity index (χ4v) is 5.12. The van der Waals surface area contributed by atoms with Gasteiger partial charge in [0.25, 0.3) is 0 Å². The van der Waals surface area contributed by atoms with E-state index in [0.717, 1.165) is 47.9 Å². The topological polar surface area (TPSA) is 136 Å². The fraction of sp³-hybridized carbons (Fsp3) is 0.471. The molecule has 1 aliphatic carbocycles. The summed E-state index contributed by atoms with van der Waals surface area (Å²) < 4.78 is 6.41. The molecular weight excluding hydrogens is 400 g/mol. The largest absolute Gasteiger partial charge is 0.465 e. The molecule has 0 bridgehead atoms. The molecule has 2 aromatic heterocycles. The Morgan fingerprint density at radius 1 is 1.43 bits per heavy atom. The quantitative estimate of drug-likeness (QED) is 0.537. The van der Waals surface area contributed by atoms with Crippen LogP contribution in [0.2, 0.25) is 0 Å². The van der Waals surface area contributed by atoms with Gasteiger partial charge in [0, 0.05) is 4.88 Å². The SMILES string of the molecule is COC(=O)c1c(NC(=O)C(C)n2c(N)nnc2SCC#N)sc2c1CCCC2. The van der Waals surface area contributed by atoms with Gasteiger partial charge in [-0.3, -0.25) is 9.36 Å². The predicted octanol–water partition coefficient (Wildman–Crippen LogP) is 2.40. The third-order valence-electron chi connectivity index (χ3n) is 4.52. The molecule has 0 saturated carbocycles. The molecular formula is C17H20N6O3S2. The summed E-state index contributed by atoms with van der Waals surface area (Å²) in [6.07, 6.45) is 3.76. The van der Waals surface area contributed by atoms with Crippen LogP contribution < -0.4 is 11.1 Å². The van der Waals surface area contributed by atoms with Gasteiger partial charge in [0.1, 0.15) is 11.0 Å². The molecule has 0 aromatic carbocycles. The van der Waals surface area contributed by atoms with E-state index in [1.165, 1.54) is 23.0 Å². The number of carbonyl (C=O) groups excluding carboxylic acids is 2. The van der Waals surface area contributed by atoms with Crippen LogP contribution >= 0.6 is 23.1 Å². The summed E-state index contributed by atoms with van der Waals surface area (Å²) in [5, 5.41) is 20.2. The van der Waals surface area contributed by atoms with Crippen molar-refractivity contribution in [1.29, 1.82) is 5.26 Å². The molecule has 1 atom stereocenters. The molecule has 9 nitrogen and oxygen atoms in total. The zero-order valence-electron chi connectivity index (χ0n) is 15.5. The van der Waals surface area contributed by atoms with Crippen molar-refractivity contribution in [2.75, 3.05) is 23.9 Å². The van der Waals surface area contributed by atoms with Crippen molar-refractivity contribution in [1.82, 2.24) is 14.8 Å². The van der Waals surface area contributed by atoms with Crippen LogP contribution in [-0.2, 0) is 22.4 Å². The standard InChI is InChI=1S/C17H20N6O3S2/c1-9(23-16(19)21-22-17(23)27-8-7-18)13(24)20-14-12(15(25)26-2)10-5-3-4-6-11(10)28-14/h9H,3-6,8H2,1-2H3,(H2,19,21)(H,20,24). The first-order valence-corrected chi connectivity index (χ1v) is 10.5. The van der Waals surface area contributed by atoms with Crippen LogP contribution in [0.15, 0.2) is 5.16 Å². The maximum atomic E-state index is 12.9. The lowest BCUT2D eigenvalue weighted by atomic mass is 9.95. The van der Waals surface area contributed by atoms with Gasteiger partial charge >= 0.3 is 5.97 Å². The van der Waals surface area contributed by atoms with Crippen molar-refractivity contribution in [3.63, 3.8) is 0 Å². The summed E-state index contributed by atoms with van der Waals surface area (Å²) in [7, 11) is 1.33. The number of fused-ring (bicyclic) bond motifs is 1. The molecule has 0 radical (unpaired) electrons. The third-order valence-corrected chi connectivity index (χ3v) is 6.54. The number of nitrogens with two attached hydrogens (primary N) is 1. The number of ether oxygens (including phenoxy) is 1. The maximum Gasteiger partial charge on any atom is 0.341 e. The Balaban J connectivity index is 1.88. The van der Waals surface area contributed by atoms with Gasteiger partial charge in [-0.1, -0.05) is 11.8 Å². The van der Waals surface area contributed by atoms with Gasteiger partial charge in [0.15, 0.2) is 5.16 Å². The van der Waals surface area contributed by atoms with Crippen LogP contribution in [0.25, 0.3) is 0 Å². The molecule has 28 heavy (non-hydrogen) atoms. The van der Waals surface area contributed by atoms with E-state index in [1.807, 2.05) is 6.07 Å². The minimum atomic E-state index is -0.721. The number of thiophene rings is 1. The van der Waals surface area contributed by atoms with Gasteiger partial charge in [0.05, 0.1) is 24.5 Å². The van der Waals surface area contributed by atoms with E-state index in [0.29, 0.717) is 15.7 Å². The Kier molecular flexibility index (Phi) is 6.21. The van der Waals surface area contributed by atoms with E-state index >= 15 is 0 Å². The first kappa shape index (κ1) is 20.2. The zero-order chi connectivity index (χ0) is 20.3. The van der Waals surface area contributed by atoms with E-state index in [1.54, 1.807) is 6.92 Å². The van der Waals surface area contributed by atoms with Gasteiger partial charge < -0.3 is 15.8 Å². The number of thioether (sulfide) groups is 1. The first-order valence-electron chi connectivity index (χ1n) is 8.71. The fourth-order valence-electron chi connectivity index (χ4n) is 3.15. The second-order valence-corrected chi connectivity index (χ2v) is 8.28. The number of hydrogen-bond acceptors (Lipinski definition) is 9. The van der Waals surface area contributed by atoms with E-state index in [9.17, 15) is 9.59 Å². The van der Waals surface area contributed by atoms with Crippen molar-refractivity contribution in [2.45, 2.75) is 43.8 Å². The van der Waals surface area contributed by atoms with Gasteiger partial charge in [-0.05, 0) is 38.2 Å². The van der Waals surface area contributed by atoms with Crippen molar-refractivity contribution in [3.8, 4) is 6.07 Å². The van der Waals surface area contributed by atoms with E-state index in [-0.39, 0.29) is 17.6 Å². The Morgan fingerprint density at radius 3 is 2.89 bits per heavy atom. The lowest BCUT2D eigenvalue weighted by Crippen LogP contribution is -2.25. The van der Waals surface area contributed by atoms with E-state index < -0.39 is 12.0 Å². The number of hydrogen-bond donors (Lipinski definition) is 2. The van der Waals surface area contributed by atoms with Crippen LogP contribution in [0.3, 0.4) is 0 Å². The molecule has 0 aliphatic heterocycles. The average molecular weight is 421 g/mol. The summed E-state index contributed by atoms with van der Waals surface area (Å²) in [6, 6.07) is 1.28. The number of aryl methyl sites for hydroxylation is 1. The number of nitriles is 1. The maximum absolute atomic E-state index is 12.9. The lowest BCUT2D eigenvalue weighted by molar-refractivity contribution is -0.118. The summed E-state index contributed by atoms with van der Waals surface area (Å²) >= 11 is 2.57. The van der Waals surface area contributed by atoms with E-state index in [2.05, 4.69) is 15.5 Å². The molecule has 0 saturated heterocycles. The molecule has 2 aromatic rings. The number of anilines is 2. The molecule has 2 heterocycles. The molecule has 3 N–H and O–H groups in total. The summed E-state index contributed by atoms with van der Waals surface area (Å²) in [4.78, 5) is 26.3. The number of amides is 1. The minimum Gasteiger partial charge on any atom is -0.465 e. The third kappa shape index (κ3) is 3.83.